The van der Waals surface area contributed by atoms with E-state index in [1.807, 2.05) is 12.4 Å². The number of hydrogen-bond acceptors (Lipinski definition) is 2. The van der Waals surface area contributed by atoms with Crippen LogP contribution in [0.1, 0.15) is 30.5 Å². The van der Waals surface area contributed by atoms with E-state index >= 15 is 0 Å². The van der Waals surface area contributed by atoms with Gasteiger partial charge in [0, 0.05) is 18.9 Å². The molecule has 0 amide bonds. The van der Waals surface area contributed by atoms with E-state index in [9.17, 15) is 0 Å². The maximum atomic E-state index is 4.38. The minimum absolute atomic E-state index is 0.416. The number of fused-ring (bicyclic) bond motifs is 1. The molecule has 1 aromatic carbocycles. The number of benzene rings is 1. The normalized spacial score (nSPS) is 18.1. The number of nitrogens with one attached hydrogen (secondary N) is 1. The molecule has 3 heteroatoms. The van der Waals surface area contributed by atoms with E-state index in [0.717, 1.165) is 18.9 Å². The molecule has 0 aliphatic heterocycles. The lowest BCUT2D eigenvalue weighted by atomic mass is 10.1. The number of aromatic nitrogens is 2. The smallest absolute Gasteiger partial charge is 0.203 e. The Hall–Kier alpha value is -1.77. The van der Waals surface area contributed by atoms with Crippen molar-refractivity contribution in [3.05, 3.63) is 47.8 Å². The topological polar surface area (TPSA) is 29.9 Å². The number of hydrogen-bond donors (Lipinski definition) is 1. The molecule has 1 N–H and O–H groups in total. The SMILES string of the molecule is CCn1ccnc1NC1CCc2ccccc21. The number of nitrogens with zero attached hydrogens (tertiary/aromatic N) is 2. The van der Waals surface area contributed by atoms with Crippen LogP contribution in [-0.2, 0) is 13.0 Å². The highest BCUT2D eigenvalue weighted by Gasteiger charge is 2.22. The second kappa shape index (κ2) is 4.24. The molecule has 1 aliphatic carbocycles. The van der Waals surface area contributed by atoms with Gasteiger partial charge in [-0.2, -0.15) is 0 Å². The number of imidazole rings is 1. The largest absolute Gasteiger partial charge is 0.349 e. The number of anilines is 1. The summed E-state index contributed by atoms with van der Waals surface area (Å²) in [5, 5.41) is 3.55. The second-order valence-electron chi connectivity index (χ2n) is 4.47. The van der Waals surface area contributed by atoms with Crippen molar-refractivity contribution in [3.63, 3.8) is 0 Å². The molecule has 0 saturated heterocycles. The van der Waals surface area contributed by atoms with Crippen LogP contribution in [0.25, 0.3) is 0 Å². The third-order valence-electron chi connectivity index (χ3n) is 3.49. The zero-order valence-electron chi connectivity index (χ0n) is 10.1. The summed E-state index contributed by atoms with van der Waals surface area (Å²) in [6.07, 6.45) is 6.20. The van der Waals surface area contributed by atoms with Crippen molar-refractivity contribution in [2.45, 2.75) is 32.4 Å². The molecule has 0 bridgehead atoms. The first kappa shape index (κ1) is 10.4. The predicted octanol–water partition coefficient (Wildman–Crippen LogP) is 3.00. The van der Waals surface area contributed by atoms with Gasteiger partial charge >= 0.3 is 0 Å². The Morgan fingerprint density at radius 2 is 2.29 bits per heavy atom. The summed E-state index contributed by atoms with van der Waals surface area (Å²) in [6.45, 7) is 3.09. The lowest BCUT2D eigenvalue weighted by Gasteiger charge is -2.15. The van der Waals surface area contributed by atoms with E-state index in [2.05, 4.69) is 46.1 Å². The first-order valence-electron chi connectivity index (χ1n) is 6.24. The molecule has 1 heterocycles. The fourth-order valence-electron chi connectivity index (χ4n) is 2.57. The molecule has 1 aliphatic rings. The van der Waals surface area contributed by atoms with Crippen molar-refractivity contribution in [2.24, 2.45) is 0 Å². The van der Waals surface area contributed by atoms with Crippen molar-refractivity contribution in [1.82, 2.24) is 9.55 Å². The Balaban J connectivity index is 1.84. The van der Waals surface area contributed by atoms with Gasteiger partial charge in [-0.3, -0.25) is 0 Å². The van der Waals surface area contributed by atoms with E-state index in [0.29, 0.717) is 6.04 Å². The average molecular weight is 227 g/mol. The molecule has 17 heavy (non-hydrogen) atoms. The third kappa shape index (κ3) is 1.82. The van der Waals surface area contributed by atoms with Crippen LogP contribution in [0.2, 0.25) is 0 Å². The minimum Gasteiger partial charge on any atom is -0.349 e. The van der Waals surface area contributed by atoms with Gasteiger partial charge in [0.1, 0.15) is 0 Å². The lowest BCUT2D eigenvalue weighted by Crippen LogP contribution is -2.11. The van der Waals surface area contributed by atoms with Crippen LogP contribution < -0.4 is 5.32 Å². The summed E-state index contributed by atoms with van der Waals surface area (Å²) in [6, 6.07) is 9.10. The van der Waals surface area contributed by atoms with Crippen LogP contribution in [0, 0.1) is 0 Å². The van der Waals surface area contributed by atoms with Gasteiger partial charge < -0.3 is 9.88 Å². The first-order valence-corrected chi connectivity index (χ1v) is 6.24. The number of aryl methyl sites for hydroxylation is 2. The highest BCUT2D eigenvalue weighted by Crippen LogP contribution is 2.33. The standard InChI is InChI=1S/C14H17N3/c1-2-17-10-9-15-14(17)16-13-8-7-11-5-3-4-6-12(11)13/h3-6,9-10,13H,2,7-8H2,1H3,(H,15,16). The predicted molar refractivity (Wildman–Crippen MR) is 69.0 cm³/mol. The van der Waals surface area contributed by atoms with Gasteiger partial charge in [0.15, 0.2) is 0 Å². The Kier molecular flexibility index (Phi) is 2.59. The molecule has 1 atom stereocenters. The Morgan fingerprint density at radius 3 is 3.18 bits per heavy atom. The molecule has 0 fully saturated rings. The zero-order chi connectivity index (χ0) is 11.7. The van der Waals surface area contributed by atoms with Crippen LogP contribution in [0.4, 0.5) is 5.95 Å². The van der Waals surface area contributed by atoms with E-state index in [-0.39, 0.29) is 0 Å². The van der Waals surface area contributed by atoms with Crippen molar-refractivity contribution in [1.29, 1.82) is 0 Å². The first-order chi connectivity index (χ1) is 8.38. The fraction of sp³-hybridized carbons (Fsp3) is 0.357. The molecule has 1 unspecified atom stereocenters. The average Bonchev–Trinajstić information content (AvgIpc) is 2.97. The van der Waals surface area contributed by atoms with Crippen LogP contribution in [0.5, 0.6) is 0 Å². The van der Waals surface area contributed by atoms with E-state index in [4.69, 9.17) is 0 Å². The summed E-state index contributed by atoms with van der Waals surface area (Å²) < 4.78 is 2.14. The Labute approximate surface area is 101 Å². The highest BCUT2D eigenvalue weighted by molar-refractivity contribution is 5.40. The van der Waals surface area contributed by atoms with Gasteiger partial charge in [-0.1, -0.05) is 24.3 Å². The summed E-state index contributed by atoms with van der Waals surface area (Å²) >= 11 is 0. The fourth-order valence-corrected chi connectivity index (χ4v) is 2.57. The van der Waals surface area contributed by atoms with Gasteiger partial charge in [0.2, 0.25) is 5.95 Å². The molecule has 2 aromatic rings. The second-order valence-corrected chi connectivity index (χ2v) is 4.47. The molecule has 3 rings (SSSR count). The quantitative estimate of drug-likeness (QED) is 0.873. The van der Waals surface area contributed by atoms with E-state index in [1.165, 1.54) is 17.5 Å². The van der Waals surface area contributed by atoms with Gasteiger partial charge in [-0.05, 0) is 30.9 Å². The van der Waals surface area contributed by atoms with E-state index in [1.54, 1.807) is 0 Å². The van der Waals surface area contributed by atoms with Gasteiger partial charge in [0.05, 0.1) is 6.04 Å². The van der Waals surface area contributed by atoms with Crippen LogP contribution in [-0.4, -0.2) is 9.55 Å². The minimum atomic E-state index is 0.416. The summed E-state index contributed by atoms with van der Waals surface area (Å²) in [7, 11) is 0. The van der Waals surface area contributed by atoms with Crippen LogP contribution in [0.15, 0.2) is 36.7 Å². The molecule has 3 nitrogen and oxygen atoms in total. The van der Waals surface area contributed by atoms with Crippen LogP contribution >= 0.6 is 0 Å². The maximum absolute atomic E-state index is 4.38. The molecule has 0 radical (unpaired) electrons. The van der Waals surface area contributed by atoms with Gasteiger partial charge in [-0.15, -0.1) is 0 Å². The van der Waals surface area contributed by atoms with Crippen molar-refractivity contribution < 1.29 is 0 Å². The number of rotatable bonds is 3. The zero-order valence-corrected chi connectivity index (χ0v) is 10.1. The molecule has 0 saturated carbocycles. The van der Waals surface area contributed by atoms with Crippen molar-refractivity contribution >= 4 is 5.95 Å². The maximum Gasteiger partial charge on any atom is 0.203 e. The van der Waals surface area contributed by atoms with Crippen LogP contribution in [0.3, 0.4) is 0 Å². The van der Waals surface area contributed by atoms with Gasteiger partial charge in [-0.25, -0.2) is 4.98 Å². The Morgan fingerprint density at radius 1 is 1.41 bits per heavy atom. The Bertz CT molecular complexity index is 516. The summed E-state index contributed by atoms with van der Waals surface area (Å²) in [4.78, 5) is 4.38. The van der Waals surface area contributed by atoms with Crippen molar-refractivity contribution in [3.8, 4) is 0 Å². The summed E-state index contributed by atoms with van der Waals surface area (Å²) in [5.41, 5.74) is 2.90. The molecule has 88 valence electrons. The van der Waals surface area contributed by atoms with Crippen molar-refractivity contribution in [2.75, 3.05) is 5.32 Å². The monoisotopic (exact) mass is 227 g/mol. The molecular weight excluding hydrogens is 210 g/mol. The molecule has 1 aromatic heterocycles. The molecule has 0 spiro atoms. The third-order valence-corrected chi connectivity index (χ3v) is 3.49. The van der Waals surface area contributed by atoms with E-state index < -0.39 is 0 Å². The molecular formula is C14H17N3. The lowest BCUT2D eigenvalue weighted by molar-refractivity contribution is 0.711. The highest BCUT2D eigenvalue weighted by atomic mass is 15.2. The van der Waals surface area contributed by atoms with Gasteiger partial charge in [0.25, 0.3) is 0 Å². The summed E-state index contributed by atoms with van der Waals surface area (Å²) in [5.74, 6) is 0.981.